The first-order valence-electron chi connectivity index (χ1n) is 4.01. The zero-order valence-corrected chi connectivity index (χ0v) is 7.99. The molecule has 14 heavy (non-hydrogen) atoms. The van der Waals surface area contributed by atoms with Gasteiger partial charge in [-0.1, -0.05) is 24.3 Å². The van der Waals surface area contributed by atoms with Crippen LogP contribution in [0, 0.1) is 0 Å². The van der Waals surface area contributed by atoms with Gasteiger partial charge in [-0.25, -0.2) is 4.21 Å². The second-order valence-electron chi connectivity index (χ2n) is 2.91. The molecule has 0 saturated carbocycles. The van der Waals surface area contributed by atoms with Gasteiger partial charge in [0.05, 0.1) is 4.90 Å². The molecule has 1 atom stereocenters. The highest BCUT2D eigenvalue weighted by Gasteiger charge is 2.05. The third-order valence-electron chi connectivity index (χ3n) is 2.02. The third-order valence-corrected chi connectivity index (χ3v) is 2.65. The van der Waals surface area contributed by atoms with Crippen LogP contribution < -0.4 is 0 Å². The van der Waals surface area contributed by atoms with E-state index in [0.717, 1.165) is 5.39 Å². The summed E-state index contributed by atoms with van der Waals surface area (Å²) in [4.78, 5) is 0.209. The summed E-state index contributed by atoms with van der Waals surface area (Å²) in [7, 11) is 0. The zero-order valence-electron chi connectivity index (χ0n) is 7.18. The Morgan fingerprint density at radius 3 is 2.57 bits per heavy atom. The molecule has 4 heteroatoms. The Morgan fingerprint density at radius 2 is 1.86 bits per heavy atom. The smallest absolute Gasteiger partial charge is 0.186 e. The van der Waals surface area contributed by atoms with Crippen LogP contribution in [0.15, 0.2) is 41.3 Å². The summed E-state index contributed by atoms with van der Waals surface area (Å²) in [5.41, 5.74) is 0. The fourth-order valence-corrected chi connectivity index (χ4v) is 1.80. The van der Waals surface area contributed by atoms with Crippen LogP contribution in [-0.2, 0) is 11.1 Å². The van der Waals surface area contributed by atoms with Gasteiger partial charge in [0, 0.05) is 5.39 Å². The van der Waals surface area contributed by atoms with Gasteiger partial charge in [0.15, 0.2) is 11.1 Å². The standard InChI is InChI=1S/C10H8O3S/c11-10-6-8(14(12)13)5-7-3-1-2-4-9(7)10/h1-6,11H,(H,12,13). The van der Waals surface area contributed by atoms with E-state index in [4.69, 9.17) is 4.55 Å². The molecule has 2 aromatic rings. The number of phenolic OH excluding ortho intramolecular Hbond substituents is 1. The number of rotatable bonds is 1. The second kappa shape index (κ2) is 3.40. The minimum atomic E-state index is -2.06. The van der Waals surface area contributed by atoms with Crippen LogP contribution in [-0.4, -0.2) is 13.9 Å². The lowest BCUT2D eigenvalue weighted by molar-refractivity contribution is 0.479. The molecular formula is C10H8O3S. The molecule has 0 saturated heterocycles. The fourth-order valence-electron chi connectivity index (χ4n) is 1.36. The number of benzene rings is 2. The predicted octanol–water partition coefficient (Wildman–Crippen LogP) is 2.13. The van der Waals surface area contributed by atoms with Gasteiger partial charge in [0.25, 0.3) is 0 Å². The van der Waals surface area contributed by atoms with Crippen molar-refractivity contribution < 1.29 is 13.9 Å². The van der Waals surface area contributed by atoms with Gasteiger partial charge in [0.1, 0.15) is 5.75 Å². The summed E-state index contributed by atoms with van der Waals surface area (Å²) >= 11 is -2.06. The largest absolute Gasteiger partial charge is 0.507 e. The molecule has 0 fully saturated rings. The molecule has 0 spiro atoms. The minimum Gasteiger partial charge on any atom is -0.507 e. The molecule has 2 rings (SSSR count). The molecule has 3 nitrogen and oxygen atoms in total. The maximum atomic E-state index is 10.8. The van der Waals surface area contributed by atoms with E-state index in [2.05, 4.69) is 0 Å². The highest BCUT2D eigenvalue weighted by Crippen LogP contribution is 2.27. The average molecular weight is 208 g/mol. The van der Waals surface area contributed by atoms with Gasteiger partial charge in [-0.3, -0.25) is 0 Å². The van der Waals surface area contributed by atoms with Gasteiger partial charge in [-0.05, 0) is 17.5 Å². The maximum absolute atomic E-state index is 10.8. The van der Waals surface area contributed by atoms with E-state index in [1.54, 1.807) is 24.3 Å². The van der Waals surface area contributed by atoms with E-state index in [-0.39, 0.29) is 10.6 Å². The molecule has 1 unspecified atom stereocenters. The van der Waals surface area contributed by atoms with Crippen molar-refractivity contribution in [3.8, 4) is 5.75 Å². The van der Waals surface area contributed by atoms with Crippen LogP contribution in [0.5, 0.6) is 5.75 Å². The third kappa shape index (κ3) is 1.49. The Labute approximate surface area is 83.3 Å². The van der Waals surface area contributed by atoms with Crippen molar-refractivity contribution in [2.45, 2.75) is 4.90 Å². The molecule has 0 heterocycles. The summed E-state index contributed by atoms with van der Waals surface area (Å²) in [6.45, 7) is 0. The summed E-state index contributed by atoms with van der Waals surface area (Å²) in [5.74, 6) is 0.0282. The van der Waals surface area contributed by atoms with E-state index < -0.39 is 11.1 Å². The van der Waals surface area contributed by atoms with E-state index in [0.29, 0.717) is 5.39 Å². The lowest BCUT2D eigenvalue weighted by Crippen LogP contribution is -1.88. The van der Waals surface area contributed by atoms with Gasteiger partial charge in [0.2, 0.25) is 0 Å². The van der Waals surface area contributed by atoms with Crippen molar-refractivity contribution in [1.82, 2.24) is 0 Å². The normalized spacial score (nSPS) is 12.9. The molecule has 0 bridgehead atoms. The lowest BCUT2D eigenvalue weighted by Gasteiger charge is -2.02. The number of phenols is 1. The van der Waals surface area contributed by atoms with Gasteiger partial charge >= 0.3 is 0 Å². The summed E-state index contributed by atoms with van der Waals surface area (Å²) in [6.07, 6.45) is 0. The van der Waals surface area contributed by atoms with E-state index in [1.807, 2.05) is 6.07 Å². The molecule has 0 aliphatic heterocycles. The van der Waals surface area contributed by atoms with Crippen molar-refractivity contribution in [2.24, 2.45) is 0 Å². The highest BCUT2D eigenvalue weighted by molar-refractivity contribution is 7.79. The quantitative estimate of drug-likeness (QED) is 0.706. The monoisotopic (exact) mass is 208 g/mol. The average Bonchev–Trinajstić information content (AvgIpc) is 2.17. The van der Waals surface area contributed by atoms with Crippen LogP contribution in [0.3, 0.4) is 0 Å². The van der Waals surface area contributed by atoms with Crippen molar-refractivity contribution in [1.29, 1.82) is 0 Å². The summed E-state index contributed by atoms with van der Waals surface area (Å²) < 4.78 is 19.7. The molecule has 72 valence electrons. The maximum Gasteiger partial charge on any atom is 0.186 e. The Balaban J connectivity index is 2.78. The highest BCUT2D eigenvalue weighted by atomic mass is 32.2. The van der Waals surface area contributed by atoms with Crippen LogP contribution >= 0.6 is 0 Å². The Kier molecular flexibility index (Phi) is 2.23. The SMILES string of the molecule is O=S(O)c1cc(O)c2ccccc2c1. The lowest BCUT2D eigenvalue weighted by atomic mass is 10.1. The summed E-state index contributed by atoms with van der Waals surface area (Å²) in [5, 5.41) is 11.0. The molecular weight excluding hydrogens is 200 g/mol. The number of aromatic hydroxyl groups is 1. The molecule has 0 radical (unpaired) electrons. The predicted molar refractivity (Wildman–Crippen MR) is 54.7 cm³/mol. The second-order valence-corrected chi connectivity index (χ2v) is 3.88. The fraction of sp³-hybridized carbons (Fsp3) is 0. The van der Waals surface area contributed by atoms with Crippen LogP contribution in [0.4, 0.5) is 0 Å². The van der Waals surface area contributed by atoms with E-state index in [1.165, 1.54) is 6.07 Å². The molecule has 2 N–H and O–H groups in total. The topological polar surface area (TPSA) is 57.5 Å². The van der Waals surface area contributed by atoms with Crippen molar-refractivity contribution in [3.63, 3.8) is 0 Å². The first-order valence-corrected chi connectivity index (χ1v) is 5.12. The number of fused-ring (bicyclic) bond motifs is 1. The van der Waals surface area contributed by atoms with E-state index >= 15 is 0 Å². The number of hydrogen-bond acceptors (Lipinski definition) is 2. The van der Waals surface area contributed by atoms with Gasteiger partial charge < -0.3 is 9.66 Å². The van der Waals surface area contributed by atoms with E-state index in [9.17, 15) is 9.32 Å². The van der Waals surface area contributed by atoms with Crippen molar-refractivity contribution >= 4 is 21.9 Å². The van der Waals surface area contributed by atoms with Crippen LogP contribution in [0.25, 0.3) is 10.8 Å². The van der Waals surface area contributed by atoms with Crippen LogP contribution in [0.1, 0.15) is 0 Å². The van der Waals surface area contributed by atoms with Crippen molar-refractivity contribution in [2.75, 3.05) is 0 Å². The van der Waals surface area contributed by atoms with Crippen LogP contribution in [0.2, 0.25) is 0 Å². The van der Waals surface area contributed by atoms with Gasteiger partial charge in [-0.15, -0.1) is 0 Å². The molecule has 2 aromatic carbocycles. The first kappa shape index (κ1) is 9.18. The Hall–Kier alpha value is -1.39. The molecule has 0 aliphatic rings. The Morgan fingerprint density at radius 1 is 1.14 bits per heavy atom. The molecule has 0 aromatic heterocycles. The number of hydrogen-bond donors (Lipinski definition) is 2. The zero-order chi connectivity index (χ0) is 10.1. The van der Waals surface area contributed by atoms with Crippen molar-refractivity contribution in [3.05, 3.63) is 36.4 Å². The van der Waals surface area contributed by atoms with Gasteiger partial charge in [-0.2, -0.15) is 0 Å². The first-order chi connectivity index (χ1) is 6.68. The molecule has 0 amide bonds. The summed E-state index contributed by atoms with van der Waals surface area (Å²) in [6, 6.07) is 10.0. The Bertz CT molecular complexity index is 508. The minimum absolute atomic E-state index is 0.0282. The molecule has 0 aliphatic carbocycles.